The predicted molar refractivity (Wildman–Crippen MR) is 147 cm³/mol. The Morgan fingerprint density at radius 3 is 2.43 bits per heavy atom. The number of halogens is 1. The molecule has 0 spiro atoms. The van der Waals surface area contributed by atoms with Gasteiger partial charge in [-0.15, -0.1) is 6.42 Å². The summed E-state index contributed by atoms with van der Waals surface area (Å²) in [5.74, 6) is 2.82. The number of carbonyl (C=O) groups excluding carboxylic acids is 1. The fourth-order valence-electron chi connectivity index (χ4n) is 4.77. The molecule has 0 aliphatic carbocycles. The van der Waals surface area contributed by atoms with Gasteiger partial charge in [-0.05, 0) is 36.9 Å². The number of nitrogens with zero attached hydrogens (tertiary/aromatic N) is 3. The fourth-order valence-corrected chi connectivity index (χ4v) is 4.94. The summed E-state index contributed by atoms with van der Waals surface area (Å²) in [5, 5.41) is 12.9. The van der Waals surface area contributed by atoms with E-state index in [0.717, 1.165) is 19.3 Å². The Morgan fingerprint density at radius 1 is 1.19 bits per heavy atom. The zero-order valence-electron chi connectivity index (χ0n) is 22.0. The number of hydrogen-bond acceptors (Lipinski definition) is 6. The van der Waals surface area contributed by atoms with E-state index in [1.807, 2.05) is 0 Å². The number of aliphatic hydroxyl groups is 1. The Hall–Kier alpha value is -2.34. The summed E-state index contributed by atoms with van der Waals surface area (Å²) < 4.78 is 13.1. The zero-order valence-corrected chi connectivity index (χ0v) is 22.8. The topological polar surface area (TPSA) is 98.5 Å². The minimum Gasteiger partial charge on any atom is -0.449 e. The summed E-state index contributed by atoms with van der Waals surface area (Å²) in [7, 11) is 0. The highest BCUT2D eigenvalue weighted by atomic mass is 35.5. The maximum Gasteiger partial charge on any atom is 0.412 e. The van der Waals surface area contributed by atoms with Gasteiger partial charge in [-0.25, -0.2) is 4.79 Å². The highest BCUT2D eigenvalue weighted by Crippen LogP contribution is 2.38. The van der Waals surface area contributed by atoms with Crippen LogP contribution < -0.4 is 5.32 Å². The number of rotatable bonds is 16. The lowest BCUT2D eigenvalue weighted by atomic mass is 10.0. The summed E-state index contributed by atoms with van der Waals surface area (Å²) in [4.78, 5) is 20.9. The first-order chi connectivity index (χ1) is 18.0. The van der Waals surface area contributed by atoms with E-state index in [9.17, 15) is 9.90 Å². The maximum atomic E-state index is 12.4. The first-order valence-corrected chi connectivity index (χ1v) is 14.1. The molecule has 0 bridgehead atoms. The van der Waals surface area contributed by atoms with Gasteiger partial charge in [-0.1, -0.05) is 83.5 Å². The monoisotopic (exact) mass is 532 g/mol. The quantitative estimate of drug-likeness (QED) is 0.137. The molecule has 2 aromatic rings. The van der Waals surface area contributed by atoms with E-state index in [1.165, 1.54) is 57.8 Å². The zero-order chi connectivity index (χ0) is 26.5. The first kappa shape index (κ1) is 29.2. The molecule has 1 aliphatic rings. The molecule has 3 heterocycles. The second kappa shape index (κ2) is 15.2. The van der Waals surface area contributed by atoms with Gasteiger partial charge in [-0.2, -0.15) is 9.97 Å². The molecule has 2 N–H and O–H groups in total. The van der Waals surface area contributed by atoms with Crippen molar-refractivity contribution in [1.29, 1.82) is 0 Å². The van der Waals surface area contributed by atoms with Crippen LogP contribution in [0.3, 0.4) is 0 Å². The highest BCUT2D eigenvalue weighted by molar-refractivity contribution is 6.28. The van der Waals surface area contributed by atoms with Crippen LogP contribution in [0.1, 0.15) is 103 Å². The number of anilines is 1. The molecule has 37 heavy (non-hydrogen) atoms. The number of ether oxygens (including phenoxy) is 2. The van der Waals surface area contributed by atoms with Crippen LogP contribution in [-0.2, 0) is 9.47 Å². The van der Waals surface area contributed by atoms with Gasteiger partial charge in [0, 0.05) is 6.20 Å². The van der Waals surface area contributed by atoms with E-state index in [4.69, 9.17) is 27.5 Å². The van der Waals surface area contributed by atoms with Crippen molar-refractivity contribution in [3.8, 4) is 12.3 Å². The third-order valence-corrected chi connectivity index (χ3v) is 7.15. The van der Waals surface area contributed by atoms with E-state index in [1.54, 1.807) is 16.8 Å². The van der Waals surface area contributed by atoms with Crippen molar-refractivity contribution in [2.24, 2.45) is 0 Å². The van der Waals surface area contributed by atoms with E-state index >= 15 is 0 Å². The van der Waals surface area contributed by atoms with Crippen LogP contribution in [0.4, 0.5) is 10.6 Å². The summed E-state index contributed by atoms with van der Waals surface area (Å²) in [6.07, 6.45) is 22.5. The molecule has 2 aromatic heterocycles. The smallest absolute Gasteiger partial charge is 0.412 e. The van der Waals surface area contributed by atoms with Crippen molar-refractivity contribution in [1.82, 2.24) is 14.5 Å². The number of hydrogen-bond donors (Lipinski definition) is 2. The highest BCUT2D eigenvalue weighted by Gasteiger charge is 2.39. The Bertz CT molecular complexity index is 1040. The van der Waals surface area contributed by atoms with Crippen LogP contribution in [0.15, 0.2) is 12.3 Å². The van der Waals surface area contributed by atoms with Gasteiger partial charge >= 0.3 is 6.09 Å². The minimum atomic E-state index is -1.00. The van der Waals surface area contributed by atoms with Crippen molar-refractivity contribution in [3.63, 3.8) is 0 Å². The van der Waals surface area contributed by atoms with Crippen LogP contribution in [0.25, 0.3) is 11.0 Å². The van der Waals surface area contributed by atoms with Crippen LogP contribution in [0.5, 0.6) is 0 Å². The standard InChI is InChI=1S/C28H41ClN4O4/c1-3-5-6-7-8-9-10-11-12-13-14-15-20-36-27(35)31-24-22-17-19-33(25(22)32-26(29)30-24)23-16-18-28(4-2,21-34)37-23/h2,17,19,23,34H,3,5-16,18,20-21H2,1H3,(H,30,31,32,35). The first-order valence-electron chi connectivity index (χ1n) is 13.8. The molecule has 1 aliphatic heterocycles. The third-order valence-electron chi connectivity index (χ3n) is 6.98. The second-order valence-electron chi connectivity index (χ2n) is 9.86. The molecule has 8 nitrogen and oxygen atoms in total. The van der Waals surface area contributed by atoms with Crippen molar-refractivity contribution in [2.45, 2.75) is 109 Å². The van der Waals surface area contributed by atoms with Gasteiger partial charge in [0.1, 0.15) is 17.7 Å². The summed E-state index contributed by atoms with van der Waals surface area (Å²) in [5.41, 5.74) is -0.497. The van der Waals surface area contributed by atoms with Crippen LogP contribution in [0, 0.1) is 12.3 Å². The summed E-state index contributed by atoms with van der Waals surface area (Å²) >= 11 is 6.15. The SMILES string of the molecule is C#CC1(CO)CCC(n2ccc3c(NC(=O)OCCCCCCCCCCCCCC)nc(Cl)nc32)O1. The van der Waals surface area contributed by atoms with Gasteiger partial charge in [0.25, 0.3) is 0 Å². The second-order valence-corrected chi connectivity index (χ2v) is 10.2. The molecule has 204 valence electrons. The molecular weight excluding hydrogens is 492 g/mol. The van der Waals surface area contributed by atoms with Crippen LogP contribution >= 0.6 is 11.6 Å². The molecule has 1 saturated heterocycles. The lowest BCUT2D eigenvalue weighted by molar-refractivity contribution is -0.0615. The Kier molecular flexibility index (Phi) is 12.0. The van der Waals surface area contributed by atoms with E-state index < -0.39 is 17.9 Å². The molecule has 1 amide bonds. The Balaban J connectivity index is 1.38. The molecule has 2 unspecified atom stereocenters. The number of nitrogens with one attached hydrogen (secondary N) is 1. The lowest BCUT2D eigenvalue weighted by Crippen LogP contribution is -2.31. The molecule has 0 radical (unpaired) electrons. The van der Waals surface area contributed by atoms with Crippen molar-refractivity contribution < 1.29 is 19.4 Å². The van der Waals surface area contributed by atoms with Gasteiger partial charge in [-0.3, -0.25) is 5.32 Å². The van der Waals surface area contributed by atoms with Gasteiger partial charge < -0.3 is 19.1 Å². The average Bonchev–Trinajstić information content (AvgIpc) is 3.51. The van der Waals surface area contributed by atoms with E-state index in [-0.39, 0.29) is 17.7 Å². The molecule has 0 aromatic carbocycles. The number of carbonyl (C=O) groups is 1. The molecule has 1 fully saturated rings. The number of terminal acetylenes is 1. The molecule has 3 rings (SSSR count). The number of aromatic nitrogens is 3. The van der Waals surface area contributed by atoms with E-state index in [0.29, 0.717) is 30.5 Å². The largest absolute Gasteiger partial charge is 0.449 e. The van der Waals surface area contributed by atoms with Crippen LogP contribution in [0.2, 0.25) is 5.28 Å². The van der Waals surface area contributed by atoms with E-state index in [2.05, 4.69) is 28.1 Å². The molecule has 9 heteroatoms. The maximum absolute atomic E-state index is 12.4. The fraction of sp³-hybridized carbons (Fsp3) is 0.679. The minimum absolute atomic E-state index is 0.00734. The summed E-state index contributed by atoms with van der Waals surface area (Å²) in [6.45, 7) is 2.35. The van der Waals surface area contributed by atoms with Crippen molar-refractivity contribution >= 4 is 34.5 Å². The number of fused-ring (bicyclic) bond motifs is 1. The van der Waals surface area contributed by atoms with Gasteiger partial charge in [0.2, 0.25) is 5.28 Å². The van der Waals surface area contributed by atoms with Crippen molar-refractivity contribution in [3.05, 3.63) is 17.5 Å². The lowest BCUT2D eigenvalue weighted by Gasteiger charge is -2.21. The van der Waals surface area contributed by atoms with Crippen LogP contribution in [-0.4, -0.2) is 44.5 Å². The normalized spacial score (nSPS) is 19.2. The number of aliphatic hydroxyl groups excluding tert-OH is 1. The van der Waals surface area contributed by atoms with Gasteiger partial charge in [0.15, 0.2) is 5.60 Å². The molecule has 2 atom stereocenters. The number of unbranched alkanes of at least 4 members (excludes halogenated alkanes) is 11. The molecule has 0 saturated carbocycles. The van der Waals surface area contributed by atoms with Crippen molar-refractivity contribution in [2.75, 3.05) is 18.5 Å². The Morgan fingerprint density at radius 2 is 1.84 bits per heavy atom. The third kappa shape index (κ3) is 8.59. The molecular formula is C28H41ClN4O4. The predicted octanol–water partition coefficient (Wildman–Crippen LogP) is 7.01. The Labute approximate surface area is 225 Å². The summed E-state index contributed by atoms with van der Waals surface area (Å²) in [6, 6.07) is 1.78. The van der Waals surface area contributed by atoms with Gasteiger partial charge in [0.05, 0.1) is 18.6 Å². The number of amides is 1. The average molecular weight is 533 g/mol.